The minimum Gasteiger partial charge on any atom is -0.394 e. The smallest absolute Gasteiger partial charge is 0.136 e. The molecule has 0 aromatic heterocycles. The molecule has 0 saturated carbocycles. The summed E-state index contributed by atoms with van der Waals surface area (Å²) in [4.78, 5) is 1.25. The maximum absolute atomic E-state index is 9.63. The van der Waals surface area contributed by atoms with Crippen LogP contribution in [0.5, 0.6) is 0 Å². The van der Waals surface area contributed by atoms with Crippen LogP contribution in [0.15, 0.2) is 0 Å². The molecule has 0 radical (unpaired) electrons. The molecule has 1 saturated heterocycles. The maximum Gasteiger partial charge on any atom is 0.136 e. The zero-order valence-electron chi connectivity index (χ0n) is 8.20. The van der Waals surface area contributed by atoms with Crippen molar-refractivity contribution in [2.75, 3.05) is 13.7 Å². The van der Waals surface area contributed by atoms with E-state index in [1.165, 1.54) is 18.9 Å². The molecule has 1 heterocycles. The fourth-order valence-electron chi connectivity index (χ4n) is 1.68. The molecule has 0 bridgehead atoms. The predicted octanol–water partition coefficient (Wildman–Crippen LogP) is -2.92. The van der Waals surface area contributed by atoms with E-state index < -0.39 is 36.7 Å². The maximum atomic E-state index is 9.63. The van der Waals surface area contributed by atoms with Crippen LogP contribution >= 0.6 is 0 Å². The van der Waals surface area contributed by atoms with Crippen molar-refractivity contribution < 1.29 is 25.5 Å². The van der Waals surface area contributed by atoms with Gasteiger partial charge < -0.3 is 25.5 Å². The van der Waals surface area contributed by atoms with E-state index in [2.05, 4.69) is 0 Å². The van der Waals surface area contributed by atoms with Gasteiger partial charge in [-0.15, -0.1) is 0 Å². The molecule has 84 valence electrons. The molecule has 14 heavy (non-hydrogen) atoms. The average Bonchev–Trinajstić information content (AvgIpc) is 2.21. The summed E-state index contributed by atoms with van der Waals surface area (Å²) in [6.07, 6.45) is -5.51. The third-order valence-corrected chi connectivity index (χ3v) is 3.14. The Morgan fingerprint density at radius 1 is 1.14 bits per heavy atom. The number of rotatable bonds is 1. The molecular weight excluding hydrogens is 190 g/mol. The van der Waals surface area contributed by atoms with Gasteiger partial charge in [-0.3, -0.25) is 4.90 Å². The van der Waals surface area contributed by atoms with Crippen LogP contribution in [0.4, 0.5) is 0 Å². The van der Waals surface area contributed by atoms with Crippen molar-refractivity contribution in [3.8, 4) is 0 Å². The molecule has 0 amide bonds. The number of hydrogen-bond donors (Lipinski definition) is 5. The summed E-state index contributed by atoms with van der Waals surface area (Å²) in [7, 11) is 1.46. The first-order valence-electron chi connectivity index (χ1n) is 4.42. The first kappa shape index (κ1) is 11.8. The van der Waals surface area contributed by atoms with E-state index in [1.807, 2.05) is 0 Å². The molecule has 1 aliphatic rings. The van der Waals surface area contributed by atoms with Crippen molar-refractivity contribution in [2.45, 2.75) is 37.0 Å². The summed E-state index contributed by atoms with van der Waals surface area (Å²) in [6.45, 7) is 1.07. The van der Waals surface area contributed by atoms with Gasteiger partial charge in [0.25, 0.3) is 0 Å². The molecule has 0 aromatic rings. The van der Waals surface area contributed by atoms with Crippen LogP contribution in [0.2, 0.25) is 0 Å². The van der Waals surface area contributed by atoms with Crippen LogP contribution < -0.4 is 0 Å². The monoisotopic (exact) mass is 207 g/mol. The van der Waals surface area contributed by atoms with Crippen LogP contribution in [0, 0.1) is 0 Å². The summed E-state index contributed by atoms with van der Waals surface area (Å²) in [5.74, 6) is 0. The largest absolute Gasteiger partial charge is 0.394 e. The molecule has 5 atom stereocenters. The van der Waals surface area contributed by atoms with E-state index in [4.69, 9.17) is 5.11 Å². The standard InChI is InChI=1S/C8H17NO5/c1-8(3-10)6(13)4(11)5(12)7(14)9(8)2/h4-7,10-14H,3H2,1-2H3/t4-,5-,6+,7?,8-/m1/s1. The SMILES string of the molecule is CN1C(O)[C@H](O)[C@@H](O)[C@H](O)[C@@]1(C)CO. The van der Waals surface area contributed by atoms with Gasteiger partial charge in [-0.1, -0.05) is 0 Å². The first-order valence-corrected chi connectivity index (χ1v) is 4.42. The minimum atomic E-state index is -1.46. The van der Waals surface area contributed by atoms with E-state index >= 15 is 0 Å². The molecule has 1 rings (SSSR count). The highest BCUT2D eigenvalue weighted by Gasteiger charge is 2.52. The van der Waals surface area contributed by atoms with Crippen molar-refractivity contribution in [1.29, 1.82) is 0 Å². The van der Waals surface area contributed by atoms with Crippen LogP contribution in [0.1, 0.15) is 6.92 Å². The molecule has 0 aliphatic carbocycles. The van der Waals surface area contributed by atoms with Crippen LogP contribution in [0.25, 0.3) is 0 Å². The third-order valence-electron chi connectivity index (χ3n) is 3.14. The first-order chi connectivity index (χ1) is 6.36. The Balaban J connectivity index is 2.98. The van der Waals surface area contributed by atoms with Crippen molar-refractivity contribution in [3.63, 3.8) is 0 Å². The molecule has 0 aromatic carbocycles. The number of aliphatic hydroxyl groups excluding tert-OH is 5. The van der Waals surface area contributed by atoms with Gasteiger partial charge in [-0.2, -0.15) is 0 Å². The number of hydrogen-bond acceptors (Lipinski definition) is 6. The van der Waals surface area contributed by atoms with Crippen LogP contribution in [-0.4, -0.2) is 74.2 Å². The summed E-state index contributed by atoms with van der Waals surface area (Å²) >= 11 is 0. The minimum absolute atomic E-state index is 0.425. The predicted molar refractivity (Wildman–Crippen MR) is 47.3 cm³/mol. The molecular formula is C8H17NO5. The molecule has 6 heteroatoms. The molecule has 1 unspecified atom stereocenters. The second-order valence-electron chi connectivity index (χ2n) is 3.97. The Bertz CT molecular complexity index is 196. The summed E-state index contributed by atoms with van der Waals surface area (Å²) in [5.41, 5.74) is -1.15. The Kier molecular flexibility index (Phi) is 3.15. The highest BCUT2D eigenvalue weighted by molar-refractivity contribution is 5.03. The quantitative estimate of drug-likeness (QED) is 0.315. The number of likely N-dealkylation sites (N-methyl/N-ethyl adjacent to an activating group) is 1. The van der Waals surface area contributed by atoms with Gasteiger partial charge in [0.15, 0.2) is 0 Å². The lowest BCUT2D eigenvalue weighted by molar-refractivity contribution is -0.244. The van der Waals surface area contributed by atoms with Gasteiger partial charge in [-0.05, 0) is 14.0 Å². The number of aliphatic hydroxyl groups is 5. The van der Waals surface area contributed by atoms with E-state index in [0.717, 1.165) is 0 Å². The zero-order valence-corrected chi connectivity index (χ0v) is 8.20. The lowest BCUT2D eigenvalue weighted by Gasteiger charge is -2.51. The molecule has 0 spiro atoms. The van der Waals surface area contributed by atoms with Gasteiger partial charge in [0.2, 0.25) is 0 Å². The average molecular weight is 207 g/mol. The van der Waals surface area contributed by atoms with Gasteiger partial charge in [-0.25, -0.2) is 0 Å². The van der Waals surface area contributed by atoms with E-state index in [1.54, 1.807) is 0 Å². The normalized spacial score (nSPS) is 50.8. The van der Waals surface area contributed by atoms with Crippen LogP contribution in [0.3, 0.4) is 0 Å². The molecule has 5 N–H and O–H groups in total. The lowest BCUT2D eigenvalue weighted by Crippen LogP contribution is -2.72. The highest BCUT2D eigenvalue weighted by Crippen LogP contribution is 2.30. The fourth-order valence-corrected chi connectivity index (χ4v) is 1.68. The van der Waals surface area contributed by atoms with E-state index in [9.17, 15) is 20.4 Å². The lowest BCUT2D eigenvalue weighted by atomic mass is 9.82. The Morgan fingerprint density at radius 2 is 1.64 bits per heavy atom. The van der Waals surface area contributed by atoms with Gasteiger partial charge in [0.1, 0.15) is 24.5 Å². The number of likely N-dealkylation sites (tertiary alicyclic amines) is 1. The Labute approximate surface area is 82.0 Å². The Morgan fingerprint density at radius 3 is 2.07 bits per heavy atom. The van der Waals surface area contributed by atoms with Gasteiger partial charge >= 0.3 is 0 Å². The van der Waals surface area contributed by atoms with Gasteiger partial charge in [0.05, 0.1) is 12.1 Å². The fraction of sp³-hybridized carbons (Fsp3) is 1.00. The molecule has 1 fully saturated rings. The molecule has 6 nitrogen and oxygen atoms in total. The van der Waals surface area contributed by atoms with Crippen molar-refractivity contribution >= 4 is 0 Å². The third kappa shape index (κ3) is 1.44. The molecule has 1 aliphatic heterocycles. The van der Waals surface area contributed by atoms with Crippen molar-refractivity contribution in [1.82, 2.24) is 4.90 Å². The van der Waals surface area contributed by atoms with E-state index in [0.29, 0.717) is 0 Å². The second kappa shape index (κ2) is 3.73. The van der Waals surface area contributed by atoms with Crippen molar-refractivity contribution in [3.05, 3.63) is 0 Å². The summed E-state index contributed by atoms with van der Waals surface area (Å²) < 4.78 is 0. The topological polar surface area (TPSA) is 104 Å². The Hall–Kier alpha value is -0.240. The second-order valence-corrected chi connectivity index (χ2v) is 3.97. The van der Waals surface area contributed by atoms with Crippen LogP contribution in [-0.2, 0) is 0 Å². The zero-order chi connectivity index (χ0) is 11.1. The van der Waals surface area contributed by atoms with E-state index in [-0.39, 0.29) is 0 Å². The highest BCUT2D eigenvalue weighted by atomic mass is 16.4. The number of piperidine rings is 1. The van der Waals surface area contributed by atoms with Crippen molar-refractivity contribution in [2.24, 2.45) is 0 Å². The number of nitrogens with zero attached hydrogens (tertiary/aromatic N) is 1. The summed E-state index contributed by atoms with van der Waals surface area (Å²) in [5, 5.41) is 47.0. The van der Waals surface area contributed by atoms with Gasteiger partial charge in [0, 0.05) is 0 Å². The summed E-state index contributed by atoms with van der Waals surface area (Å²) in [6, 6.07) is 0.